The first-order valence-electron chi connectivity index (χ1n) is 9.53. The van der Waals surface area contributed by atoms with Crippen molar-refractivity contribution in [2.24, 2.45) is 5.16 Å². The molecule has 1 fully saturated rings. The van der Waals surface area contributed by atoms with Gasteiger partial charge in [-0.1, -0.05) is 16.9 Å². The minimum absolute atomic E-state index is 0.0285. The minimum atomic E-state index is -1.45. The summed E-state index contributed by atoms with van der Waals surface area (Å²) >= 11 is 3.51. The Hall–Kier alpha value is -3.37. The first-order chi connectivity index (χ1) is 16.2. The van der Waals surface area contributed by atoms with Gasteiger partial charge in [0, 0.05) is 22.9 Å². The second-order valence-electron chi connectivity index (χ2n) is 6.87. The van der Waals surface area contributed by atoms with E-state index in [1.807, 2.05) is 0 Å². The molecular weight excluding hydrogens is 504 g/mol. The number of hydrogen-bond acceptors (Lipinski definition) is 13. The number of carboxylic acids is 1. The Balaban J connectivity index is 1.87. The summed E-state index contributed by atoms with van der Waals surface area (Å²) in [7, 11) is 1.28. The van der Waals surface area contributed by atoms with Gasteiger partial charge in [-0.25, -0.2) is 19.7 Å². The number of fused-ring (bicyclic) bond motifs is 1. The number of thioether (sulfide) groups is 2. The highest BCUT2D eigenvalue weighted by molar-refractivity contribution is 8.01. The predicted octanol–water partition coefficient (Wildman–Crippen LogP) is 0.435. The predicted molar refractivity (Wildman–Crippen MR) is 127 cm³/mol. The second kappa shape index (κ2) is 9.47. The largest absolute Gasteiger partial charge is 0.477 e. The van der Waals surface area contributed by atoms with Crippen LogP contribution in [0, 0.1) is 0 Å². The van der Waals surface area contributed by atoms with Gasteiger partial charge in [-0.05, 0) is 6.07 Å². The van der Waals surface area contributed by atoms with E-state index in [1.54, 1.807) is 11.4 Å². The zero-order valence-corrected chi connectivity index (χ0v) is 19.9. The molecule has 4 rings (SSSR count). The van der Waals surface area contributed by atoms with Crippen LogP contribution in [-0.4, -0.2) is 67.2 Å². The summed E-state index contributed by atoms with van der Waals surface area (Å²) < 4.78 is 0. The molecule has 2 aromatic heterocycles. The number of carboxylic acid groups (broad SMARTS) is 1. The number of oxime groups is 1. The number of hydrogen-bond donors (Lipinski definition) is 4. The molecule has 0 aliphatic carbocycles. The van der Waals surface area contributed by atoms with Gasteiger partial charge in [-0.15, -0.1) is 23.1 Å². The quantitative estimate of drug-likeness (QED) is 0.123. The van der Waals surface area contributed by atoms with Crippen LogP contribution in [0.4, 0.5) is 11.1 Å². The van der Waals surface area contributed by atoms with Crippen molar-refractivity contribution < 1.29 is 24.3 Å². The molecule has 2 aromatic rings. The molecule has 2 atom stereocenters. The fourth-order valence-electron chi connectivity index (χ4n) is 3.46. The monoisotopic (exact) mass is 522 g/mol. The van der Waals surface area contributed by atoms with Crippen LogP contribution in [0.5, 0.6) is 0 Å². The van der Waals surface area contributed by atoms with Crippen LogP contribution in [0.3, 0.4) is 0 Å². The van der Waals surface area contributed by atoms with Gasteiger partial charge in [0.05, 0.1) is 17.5 Å². The topological polar surface area (TPSA) is 199 Å². The average molecular weight is 523 g/mol. The number of aromatic nitrogens is 3. The van der Waals surface area contributed by atoms with Crippen LogP contribution < -0.4 is 16.8 Å². The van der Waals surface area contributed by atoms with Crippen molar-refractivity contribution in [1.29, 1.82) is 0 Å². The van der Waals surface area contributed by atoms with Gasteiger partial charge in [0.2, 0.25) is 11.9 Å². The summed E-state index contributed by atoms with van der Waals surface area (Å²) in [6.45, 7) is 0. The van der Waals surface area contributed by atoms with E-state index in [2.05, 4.69) is 30.3 Å². The fraction of sp³-hybridized carbons (Fsp3) is 0.278. The number of carbonyl (C=O) groups is 3. The molecule has 34 heavy (non-hydrogen) atoms. The molecule has 2 amide bonds. The Labute approximate surface area is 205 Å². The molecule has 13 nitrogen and oxygen atoms in total. The molecule has 2 aliphatic rings. The normalized spacial score (nSPS) is 21.9. The van der Waals surface area contributed by atoms with Crippen LogP contribution in [-0.2, 0) is 24.1 Å². The van der Waals surface area contributed by atoms with Gasteiger partial charge in [0.25, 0.3) is 5.91 Å². The van der Waals surface area contributed by atoms with Crippen molar-refractivity contribution in [3.8, 4) is 0 Å². The summed E-state index contributed by atoms with van der Waals surface area (Å²) in [5.41, 5.74) is 11.9. The molecule has 1 unspecified atom stereocenters. The molecule has 1 saturated heterocycles. The molecular formula is C18H18N8O5S3. The number of thiazole rings is 1. The number of β-lactam (4-membered cyclic amide) rings is 1. The number of aliphatic carboxylic acids is 1. The second-order valence-corrected chi connectivity index (χ2v) is 10.2. The van der Waals surface area contributed by atoms with Gasteiger partial charge in [-0.2, -0.15) is 0 Å². The minimum Gasteiger partial charge on any atom is -0.477 e. The van der Waals surface area contributed by atoms with E-state index in [4.69, 9.17) is 11.5 Å². The van der Waals surface area contributed by atoms with Crippen molar-refractivity contribution in [3.05, 3.63) is 34.6 Å². The molecule has 6 N–H and O–H groups in total. The Morgan fingerprint density at radius 3 is 2.88 bits per heavy atom. The first kappa shape index (κ1) is 23.8. The molecule has 0 radical (unpaired) electrons. The maximum atomic E-state index is 12.8. The lowest BCUT2D eigenvalue weighted by molar-refractivity contribution is -0.146. The molecule has 0 bridgehead atoms. The molecule has 4 heterocycles. The smallest absolute Gasteiger partial charge is 0.352 e. The lowest BCUT2D eigenvalue weighted by Crippen LogP contribution is -2.61. The number of rotatable bonds is 8. The first-order valence-corrected chi connectivity index (χ1v) is 12.3. The fourth-order valence-corrected chi connectivity index (χ4v) is 6.86. The molecule has 178 valence electrons. The summed E-state index contributed by atoms with van der Waals surface area (Å²) in [5, 5.41) is 18.3. The summed E-state index contributed by atoms with van der Waals surface area (Å²) in [4.78, 5) is 54.3. The van der Waals surface area contributed by atoms with Crippen LogP contribution >= 0.6 is 34.9 Å². The summed E-state index contributed by atoms with van der Waals surface area (Å²) in [6, 6.07) is 1.61. The highest BCUT2D eigenvalue weighted by atomic mass is 32.2. The highest BCUT2D eigenvalue weighted by Crippen LogP contribution is 2.55. The zero-order chi connectivity index (χ0) is 24.5. The maximum Gasteiger partial charge on any atom is 0.352 e. The van der Waals surface area contributed by atoms with Crippen LogP contribution in [0.15, 0.2) is 39.1 Å². The third-order valence-electron chi connectivity index (χ3n) is 4.84. The SMILES string of the molecule is CON=CC(=O)NC1(c2csc(N)n2)S[C@H]2CC(=O)N2C(C(=O)O)=C1CSc1ccnc(N)n1. The van der Waals surface area contributed by atoms with Crippen LogP contribution in [0.25, 0.3) is 0 Å². The van der Waals surface area contributed by atoms with E-state index in [0.29, 0.717) is 10.7 Å². The number of anilines is 2. The molecule has 16 heteroatoms. The third kappa shape index (κ3) is 4.38. The third-order valence-corrected chi connectivity index (χ3v) is 8.03. The molecule has 0 saturated carbocycles. The van der Waals surface area contributed by atoms with Gasteiger partial charge >= 0.3 is 5.97 Å². The van der Waals surface area contributed by atoms with Gasteiger partial charge in [-0.3, -0.25) is 14.5 Å². The standard InChI is InChI=1S/C18H18N8O5S3/c1-31-22-5-10(27)25-18(9-7-33-17(20)23-9)8(6-32-11-2-3-21-16(19)24-11)14(15(29)30)26-12(28)4-13(26)34-18/h2-3,5,7,13H,4,6H2,1H3,(H2,20,23)(H,25,27)(H,29,30)(H2,19,21,24)/t13-,18?/m0/s1. The van der Waals surface area contributed by atoms with Crippen molar-refractivity contribution in [2.45, 2.75) is 21.7 Å². The number of amides is 2. The lowest BCUT2D eigenvalue weighted by Gasteiger charge is -2.51. The van der Waals surface area contributed by atoms with E-state index in [0.717, 1.165) is 17.6 Å². The highest BCUT2D eigenvalue weighted by Gasteiger charge is 2.56. The Bertz CT molecular complexity index is 1220. The van der Waals surface area contributed by atoms with Crippen molar-refractivity contribution in [3.63, 3.8) is 0 Å². The van der Waals surface area contributed by atoms with E-state index in [9.17, 15) is 19.5 Å². The number of nitrogens with zero attached hydrogens (tertiary/aromatic N) is 5. The van der Waals surface area contributed by atoms with Crippen LogP contribution in [0.2, 0.25) is 0 Å². The van der Waals surface area contributed by atoms with E-state index in [1.165, 1.54) is 41.7 Å². The van der Waals surface area contributed by atoms with Crippen molar-refractivity contribution >= 4 is 69.9 Å². The van der Waals surface area contributed by atoms with Crippen LogP contribution in [0.1, 0.15) is 12.1 Å². The lowest BCUT2D eigenvalue weighted by atomic mass is 9.98. The molecule has 0 spiro atoms. The van der Waals surface area contributed by atoms with Crippen molar-refractivity contribution in [2.75, 3.05) is 24.3 Å². The number of nitrogens with two attached hydrogens (primary N) is 2. The summed E-state index contributed by atoms with van der Waals surface area (Å²) in [6.07, 6.45) is 2.50. The van der Waals surface area contributed by atoms with Crippen molar-refractivity contribution in [1.82, 2.24) is 25.2 Å². The average Bonchev–Trinajstić information content (AvgIpc) is 3.22. The van der Waals surface area contributed by atoms with Gasteiger partial charge in [0.15, 0.2) is 10.0 Å². The Morgan fingerprint density at radius 1 is 1.47 bits per heavy atom. The Kier molecular flexibility index (Phi) is 6.63. The number of nitrogens with one attached hydrogen (secondary N) is 1. The maximum absolute atomic E-state index is 12.8. The van der Waals surface area contributed by atoms with E-state index in [-0.39, 0.29) is 40.4 Å². The van der Waals surface area contributed by atoms with Gasteiger partial charge in [0.1, 0.15) is 24.0 Å². The van der Waals surface area contributed by atoms with E-state index >= 15 is 0 Å². The number of carbonyl (C=O) groups excluding carboxylic acids is 2. The molecule has 2 aliphatic heterocycles. The number of nitrogen functional groups attached to an aromatic ring is 2. The Morgan fingerprint density at radius 2 is 2.26 bits per heavy atom. The molecule has 0 aromatic carbocycles. The van der Waals surface area contributed by atoms with E-state index < -0.39 is 22.1 Å². The zero-order valence-electron chi connectivity index (χ0n) is 17.5. The summed E-state index contributed by atoms with van der Waals surface area (Å²) in [5.74, 6) is -2.22. The van der Waals surface area contributed by atoms with Gasteiger partial charge < -0.3 is 26.7 Å².